The van der Waals surface area contributed by atoms with E-state index in [1.54, 1.807) is 37.3 Å². The number of amides is 1. The zero-order valence-electron chi connectivity index (χ0n) is 13.8. The predicted octanol–water partition coefficient (Wildman–Crippen LogP) is 4.45. The number of ether oxygens (including phenoxy) is 1. The van der Waals surface area contributed by atoms with Crippen molar-refractivity contribution in [2.24, 2.45) is 0 Å². The molecule has 2 rings (SSSR count). The van der Waals surface area contributed by atoms with Crippen LogP contribution in [0.2, 0.25) is 5.02 Å². The summed E-state index contributed by atoms with van der Waals surface area (Å²) in [7, 11) is 1.31. The molecule has 4 nitrogen and oxygen atoms in total. The highest BCUT2D eigenvalue weighted by Gasteiger charge is 2.13. The lowest BCUT2D eigenvalue weighted by molar-refractivity contribution is -0.113. The number of hydrogen-bond acceptors (Lipinski definition) is 4. The number of halogens is 2. The van der Waals surface area contributed by atoms with Crippen LogP contribution < -0.4 is 5.32 Å². The standard InChI is InChI=1S/C18H17ClFNO3S/c1-11-14(18(23)24-2)4-3-5-16(11)21-17(22)10-25-9-12-6-7-13(19)8-15(12)20/h3-8H,9-10H2,1-2H3,(H,21,22). The molecule has 0 radical (unpaired) electrons. The van der Waals surface area contributed by atoms with E-state index >= 15 is 0 Å². The number of nitrogens with one attached hydrogen (secondary N) is 1. The third-order valence-corrected chi connectivity index (χ3v) is 4.74. The number of thioether (sulfide) groups is 1. The van der Waals surface area contributed by atoms with Crippen molar-refractivity contribution in [3.8, 4) is 0 Å². The van der Waals surface area contributed by atoms with Crippen molar-refractivity contribution in [3.05, 3.63) is 63.9 Å². The number of anilines is 1. The second kappa shape index (κ2) is 8.87. The molecule has 0 fully saturated rings. The van der Waals surface area contributed by atoms with Gasteiger partial charge in [-0.3, -0.25) is 4.79 Å². The first-order valence-corrected chi connectivity index (χ1v) is 8.95. The summed E-state index contributed by atoms with van der Waals surface area (Å²) in [6.45, 7) is 1.73. The Balaban J connectivity index is 1.93. The SMILES string of the molecule is COC(=O)c1cccc(NC(=O)CSCc2ccc(Cl)cc2F)c1C. The van der Waals surface area contributed by atoms with Gasteiger partial charge < -0.3 is 10.1 Å². The summed E-state index contributed by atoms with van der Waals surface area (Å²) in [5, 5.41) is 3.10. The minimum absolute atomic E-state index is 0.157. The Morgan fingerprint density at radius 2 is 2.04 bits per heavy atom. The number of methoxy groups -OCH3 is 1. The average Bonchev–Trinajstić information content (AvgIpc) is 2.58. The fraction of sp³-hybridized carbons (Fsp3) is 0.222. The summed E-state index contributed by atoms with van der Waals surface area (Å²) >= 11 is 7.00. The van der Waals surface area contributed by atoms with Gasteiger partial charge in [0.05, 0.1) is 18.4 Å². The number of esters is 1. The van der Waals surface area contributed by atoms with Gasteiger partial charge in [0, 0.05) is 16.5 Å². The molecule has 0 aliphatic rings. The minimum Gasteiger partial charge on any atom is -0.465 e. The second-order valence-corrected chi connectivity index (χ2v) is 6.67. The molecule has 0 bridgehead atoms. The van der Waals surface area contributed by atoms with Gasteiger partial charge in [0.15, 0.2) is 0 Å². The molecule has 1 N–H and O–H groups in total. The molecule has 2 aromatic carbocycles. The van der Waals surface area contributed by atoms with Gasteiger partial charge in [-0.05, 0) is 42.3 Å². The average molecular weight is 382 g/mol. The fourth-order valence-electron chi connectivity index (χ4n) is 2.18. The van der Waals surface area contributed by atoms with E-state index in [2.05, 4.69) is 5.32 Å². The molecule has 25 heavy (non-hydrogen) atoms. The molecular weight excluding hydrogens is 365 g/mol. The van der Waals surface area contributed by atoms with Crippen LogP contribution in [0.15, 0.2) is 36.4 Å². The summed E-state index contributed by atoms with van der Waals surface area (Å²) in [6, 6.07) is 9.48. The molecule has 0 unspecified atom stereocenters. The largest absolute Gasteiger partial charge is 0.465 e. The maximum absolute atomic E-state index is 13.7. The minimum atomic E-state index is -0.457. The Morgan fingerprint density at radius 3 is 2.72 bits per heavy atom. The first-order chi connectivity index (χ1) is 11.9. The molecule has 1 amide bonds. The highest BCUT2D eigenvalue weighted by molar-refractivity contribution is 7.99. The quantitative estimate of drug-likeness (QED) is 0.751. The number of benzene rings is 2. The first-order valence-electron chi connectivity index (χ1n) is 7.42. The van der Waals surface area contributed by atoms with Crippen LogP contribution in [0.1, 0.15) is 21.5 Å². The van der Waals surface area contributed by atoms with Crippen LogP contribution >= 0.6 is 23.4 Å². The summed E-state index contributed by atoms with van der Waals surface area (Å²) in [6.07, 6.45) is 0. The Morgan fingerprint density at radius 1 is 1.28 bits per heavy atom. The molecule has 0 saturated carbocycles. The van der Waals surface area contributed by atoms with Gasteiger partial charge >= 0.3 is 5.97 Å². The molecule has 132 valence electrons. The van der Waals surface area contributed by atoms with Gasteiger partial charge in [0.25, 0.3) is 0 Å². The van der Waals surface area contributed by atoms with E-state index in [-0.39, 0.29) is 17.5 Å². The fourth-order valence-corrected chi connectivity index (χ4v) is 3.15. The molecule has 7 heteroatoms. The van der Waals surface area contributed by atoms with Crippen LogP contribution in [0.4, 0.5) is 10.1 Å². The van der Waals surface area contributed by atoms with Crippen molar-refractivity contribution in [2.45, 2.75) is 12.7 Å². The Labute approximate surface area is 154 Å². The Bertz CT molecular complexity index is 798. The molecule has 0 spiro atoms. The summed E-state index contributed by atoms with van der Waals surface area (Å²) < 4.78 is 18.4. The van der Waals surface area contributed by atoms with Crippen molar-refractivity contribution in [1.29, 1.82) is 0 Å². The highest BCUT2D eigenvalue weighted by Crippen LogP contribution is 2.22. The number of hydrogen-bond donors (Lipinski definition) is 1. The normalized spacial score (nSPS) is 10.4. The van der Waals surface area contributed by atoms with E-state index in [0.717, 1.165) is 0 Å². The van der Waals surface area contributed by atoms with Crippen LogP contribution in [-0.2, 0) is 15.3 Å². The van der Waals surface area contributed by atoms with Crippen molar-refractivity contribution < 1.29 is 18.7 Å². The van der Waals surface area contributed by atoms with Crippen LogP contribution in [0.25, 0.3) is 0 Å². The van der Waals surface area contributed by atoms with E-state index in [1.807, 2.05) is 0 Å². The van der Waals surface area contributed by atoms with Crippen molar-refractivity contribution in [3.63, 3.8) is 0 Å². The van der Waals surface area contributed by atoms with E-state index in [1.165, 1.54) is 24.9 Å². The zero-order valence-corrected chi connectivity index (χ0v) is 15.3. The molecule has 0 aliphatic carbocycles. The predicted molar refractivity (Wildman–Crippen MR) is 98.7 cm³/mol. The van der Waals surface area contributed by atoms with E-state index in [0.29, 0.717) is 33.2 Å². The van der Waals surface area contributed by atoms with Crippen LogP contribution in [0.5, 0.6) is 0 Å². The van der Waals surface area contributed by atoms with E-state index in [9.17, 15) is 14.0 Å². The number of carbonyl (C=O) groups is 2. The van der Waals surface area contributed by atoms with E-state index in [4.69, 9.17) is 16.3 Å². The van der Waals surface area contributed by atoms with Crippen LogP contribution in [-0.4, -0.2) is 24.7 Å². The van der Waals surface area contributed by atoms with Crippen molar-refractivity contribution in [1.82, 2.24) is 0 Å². The molecule has 0 aliphatic heterocycles. The summed E-state index contributed by atoms with van der Waals surface area (Å²) in [5.41, 5.74) is 2.07. The summed E-state index contributed by atoms with van der Waals surface area (Å²) in [4.78, 5) is 23.8. The second-order valence-electron chi connectivity index (χ2n) is 5.25. The Hall–Kier alpha value is -2.05. The molecule has 2 aromatic rings. The van der Waals surface area contributed by atoms with Gasteiger partial charge in [-0.15, -0.1) is 11.8 Å². The first kappa shape index (κ1) is 19.3. The van der Waals surface area contributed by atoms with Gasteiger partial charge in [0.1, 0.15) is 5.82 Å². The highest BCUT2D eigenvalue weighted by atomic mass is 35.5. The van der Waals surface area contributed by atoms with Crippen LogP contribution in [0.3, 0.4) is 0 Å². The van der Waals surface area contributed by atoms with Crippen molar-refractivity contribution in [2.75, 3.05) is 18.2 Å². The zero-order chi connectivity index (χ0) is 18.4. The topological polar surface area (TPSA) is 55.4 Å². The monoisotopic (exact) mass is 381 g/mol. The lowest BCUT2D eigenvalue weighted by Crippen LogP contribution is -2.16. The lowest BCUT2D eigenvalue weighted by atomic mass is 10.1. The van der Waals surface area contributed by atoms with E-state index < -0.39 is 5.97 Å². The number of carbonyl (C=O) groups excluding carboxylic acids is 2. The molecule has 0 atom stereocenters. The van der Waals surface area contributed by atoms with Crippen LogP contribution in [0, 0.1) is 12.7 Å². The lowest BCUT2D eigenvalue weighted by Gasteiger charge is -2.11. The smallest absolute Gasteiger partial charge is 0.338 e. The maximum atomic E-state index is 13.7. The number of rotatable bonds is 6. The van der Waals surface area contributed by atoms with Gasteiger partial charge in [-0.1, -0.05) is 23.7 Å². The van der Waals surface area contributed by atoms with Gasteiger partial charge in [-0.2, -0.15) is 0 Å². The van der Waals surface area contributed by atoms with Crippen molar-refractivity contribution >= 4 is 40.9 Å². The molecule has 0 aromatic heterocycles. The van der Waals surface area contributed by atoms with Gasteiger partial charge in [-0.25, -0.2) is 9.18 Å². The summed E-state index contributed by atoms with van der Waals surface area (Å²) in [5.74, 6) is -0.561. The third-order valence-electron chi connectivity index (χ3n) is 3.52. The maximum Gasteiger partial charge on any atom is 0.338 e. The molecule has 0 heterocycles. The van der Waals surface area contributed by atoms with Gasteiger partial charge in [0.2, 0.25) is 5.91 Å². The molecular formula is C18H17ClFNO3S. The Kier molecular flexibility index (Phi) is 6.84. The third kappa shape index (κ3) is 5.21. The molecule has 0 saturated heterocycles.